The van der Waals surface area contributed by atoms with Crippen LogP contribution in [0.3, 0.4) is 0 Å². The molecule has 0 amide bonds. The number of rotatable bonds is 9. The van der Waals surface area contributed by atoms with Gasteiger partial charge in [-0.2, -0.15) is 0 Å². The molecule has 1 aromatic carbocycles. The molecule has 0 fully saturated rings. The number of unbranched alkanes of at least 4 members (excludes halogenated alkanes) is 1. The summed E-state index contributed by atoms with van der Waals surface area (Å²) in [5, 5.41) is 0. The monoisotopic (exact) mass is 252 g/mol. The van der Waals surface area contributed by atoms with Crippen molar-refractivity contribution in [2.24, 2.45) is 0 Å². The zero-order valence-corrected chi connectivity index (χ0v) is 11.6. The quantitative estimate of drug-likeness (QED) is 0.626. The fraction of sp³-hybridized carbons (Fsp3) is 0.600. The smallest absolute Gasteiger partial charge is 0.315 e. The number of hydrogen-bond acceptors (Lipinski definition) is 3. The van der Waals surface area contributed by atoms with Crippen LogP contribution in [0.1, 0.15) is 39.2 Å². The lowest BCUT2D eigenvalue weighted by atomic mass is 10.1. The van der Waals surface area contributed by atoms with Crippen molar-refractivity contribution in [2.75, 3.05) is 13.2 Å². The topological polar surface area (TPSA) is 27.7 Å². The number of benzene rings is 1. The minimum absolute atomic E-state index is 0.571. The van der Waals surface area contributed by atoms with E-state index >= 15 is 0 Å². The third-order valence-electron chi connectivity index (χ3n) is 2.60. The van der Waals surface area contributed by atoms with Crippen molar-refractivity contribution in [3.05, 3.63) is 29.8 Å². The van der Waals surface area contributed by atoms with Crippen molar-refractivity contribution in [2.45, 2.75) is 46.5 Å². The van der Waals surface area contributed by atoms with Crippen molar-refractivity contribution in [3.8, 4) is 5.75 Å². The molecule has 0 aromatic heterocycles. The van der Waals surface area contributed by atoms with E-state index < -0.39 is 6.48 Å². The van der Waals surface area contributed by atoms with Gasteiger partial charge in [-0.25, -0.2) is 0 Å². The van der Waals surface area contributed by atoms with E-state index in [1.54, 1.807) is 0 Å². The summed E-state index contributed by atoms with van der Waals surface area (Å²) in [6.07, 6.45) is 3.36. The number of ether oxygens (including phenoxy) is 3. The summed E-state index contributed by atoms with van der Waals surface area (Å²) >= 11 is 0. The van der Waals surface area contributed by atoms with E-state index in [1.807, 2.05) is 32.0 Å². The van der Waals surface area contributed by atoms with E-state index in [0.29, 0.717) is 13.2 Å². The van der Waals surface area contributed by atoms with Gasteiger partial charge in [0.15, 0.2) is 0 Å². The molecule has 0 unspecified atom stereocenters. The van der Waals surface area contributed by atoms with Gasteiger partial charge in [0.1, 0.15) is 5.75 Å². The van der Waals surface area contributed by atoms with E-state index in [4.69, 9.17) is 14.2 Å². The summed E-state index contributed by atoms with van der Waals surface area (Å²) in [5.41, 5.74) is 1.21. The van der Waals surface area contributed by atoms with Crippen LogP contribution in [0, 0.1) is 0 Å². The van der Waals surface area contributed by atoms with E-state index in [9.17, 15) is 0 Å². The predicted molar refractivity (Wildman–Crippen MR) is 72.7 cm³/mol. The van der Waals surface area contributed by atoms with E-state index in [1.165, 1.54) is 12.0 Å². The molecule has 0 radical (unpaired) electrons. The first kappa shape index (κ1) is 15.0. The average molecular weight is 252 g/mol. The molecule has 0 N–H and O–H groups in total. The molecule has 0 saturated carbocycles. The molecule has 102 valence electrons. The molecule has 0 saturated heterocycles. The summed E-state index contributed by atoms with van der Waals surface area (Å²) < 4.78 is 16.6. The van der Waals surface area contributed by atoms with Gasteiger partial charge in [0, 0.05) is 0 Å². The Morgan fingerprint density at radius 2 is 1.67 bits per heavy atom. The molecular formula is C15H24O3. The molecule has 18 heavy (non-hydrogen) atoms. The second-order valence-corrected chi connectivity index (χ2v) is 4.03. The first-order chi connectivity index (χ1) is 8.81. The van der Waals surface area contributed by atoms with Gasteiger partial charge in [0.2, 0.25) is 0 Å². The summed E-state index contributed by atoms with van der Waals surface area (Å²) in [6.45, 7) is 6.58. The Bertz CT molecular complexity index is 319. The van der Waals surface area contributed by atoms with Crippen LogP contribution in [0.2, 0.25) is 0 Å². The standard InChI is InChI=1S/C15H24O3/c1-4-7-10-13-11-8-9-12-14(13)18-15(16-5-2)17-6-3/h8-9,11-12,15H,4-7,10H2,1-3H3. The van der Waals surface area contributed by atoms with Crippen molar-refractivity contribution >= 4 is 0 Å². The van der Waals surface area contributed by atoms with Crippen molar-refractivity contribution in [3.63, 3.8) is 0 Å². The lowest BCUT2D eigenvalue weighted by Crippen LogP contribution is -2.24. The van der Waals surface area contributed by atoms with Crippen LogP contribution in [0.25, 0.3) is 0 Å². The highest BCUT2D eigenvalue weighted by molar-refractivity contribution is 5.33. The largest absolute Gasteiger partial charge is 0.441 e. The third kappa shape index (κ3) is 5.07. The molecule has 0 atom stereocenters. The predicted octanol–water partition coefficient (Wildman–Crippen LogP) is 3.76. The van der Waals surface area contributed by atoms with Gasteiger partial charge in [0.25, 0.3) is 0 Å². The van der Waals surface area contributed by atoms with Crippen LogP contribution in [0.5, 0.6) is 5.75 Å². The summed E-state index contributed by atoms with van der Waals surface area (Å²) in [5.74, 6) is 0.859. The van der Waals surface area contributed by atoms with Crippen LogP contribution in [0.4, 0.5) is 0 Å². The van der Waals surface area contributed by atoms with Gasteiger partial charge < -0.3 is 14.2 Å². The SMILES string of the molecule is CCCCc1ccccc1OC(OCC)OCC. The first-order valence-electron chi connectivity index (χ1n) is 6.79. The molecule has 0 heterocycles. The third-order valence-corrected chi connectivity index (χ3v) is 2.60. The molecule has 1 rings (SSSR count). The lowest BCUT2D eigenvalue weighted by molar-refractivity contribution is -0.242. The maximum Gasteiger partial charge on any atom is 0.315 e. The van der Waals surface area contributed by atoms with Crippen LogP contribution < -0.4 is 4.74 Å². The van der Waals surface area contributed by atoms with Crippen molar-refractivity contribution in [1.82, 2.24) is 0 Å². The Morgan fingerprint density at radius 1 is 1.00 bits per heavy atom. The molecule has 1 aromatic rings. The first-order valence-corrected chi connectivity index (χ1v) is 6.79. The van der Waals surface area contributed by atoms with Crippen LogP contribution in [-0.2, 0) is 15.9 Å². The second-order valence-electron chi connectivity index (χ2n) is 4.03. The Kier molecular flexibility index (Phi) is 7.46. The Hall–Kier alpha value is -1.06. The minimum Gasteiger partial charge on any atom is -0.441 e. The van der Waals surface area contributed by atoms with E-state index in [-0.39, 0.29) is 0 Å². The molecule has 3 nitrogen and oxygen atoms in total. The zero-order chi connectivity index (χ0) is 13.2. The van der Waals surface area contributed by atoms with E-state index in [0.717, 1.165) is 18.6 Å². The lowest BCUT2D eigenvalue weighted by Gasteiger charge is -2.20. The van der Waals surface area contributed by atoms with Crippen LogP contribution in [0.15, 0.2) is 24.3 Å². The summed E-state index contributed by atoms with van der Waals surface area (Å²) in [4.78, 5) is 0. The molecule has 0 bridgehead atoms. The maximum absolute atomic E-state index is 5.78. The normalized spacial score (nSPS) is 10.9. The Balaban J connectivity index is 2.67. The van der Waals surface area contributed by atoms with Gasteiger partial charge in [-0.3, -0.25) is 0 Å². The van der Waals surface area contributed by atoms with Gasteiger partial charge in [0.05, 0.1) is 13.2 Å². The number of aryl methyl sites for hydroxylation is 1. The number of para-hydroxylation sites is 1. The second kappa shape index (κ2) is 8.95. The highest BCUT2D eigenvalue weighted by Crippen LogP contribution is 2.21. The molecule has 0 aliphatic heterocycles. The minimum atomic E-state index is -0.609. The van der Waals surface area contributed by atoms with Gasteiger partial charge in [-0.1, -0.05) is 31.5 Å². The summed E-state index contributed by atoms with van der Waals surface area (Å²) in [6, 6.07) is 8.07. The van der Waals surface area contributed by atoms with Gasteiger partial charge >= 0.3 is 6.48 Å². The maximum atomic E-state index is 5.78. The molecule has 0 spiro atoms. The molecule has 0 aliphatic carbocycles. The van der Waals surface area contributed by atoms with Gasteiger partial charge in [-0.15, -0.1) is 0 Å². The van der Waals surface area contributed by atoms with Gasteiger partial charge in [-0.05, 0) is 38.3 Å². The summed E-state index contributed by atoms with van der Waals surface area (Å²) in [7, 11) is 0. The Morgan fingerprint density at radius 3 is 2.28 bits per heavy atom. The van der Waals surface area contributed by atoms with E-state index in [2.05, 4.69) is 13.0 Å². The molecule has 0 aliphatic rings. The molecule has 3 heteroatoms. The van der Waals surface area contributed by atoms with Crippen molar-refractivity contribution in [1.29, 1.82) is 0 Å². The van der Waals surface area contributed by atoms with Crippen LogP contribution >= 0.6 is 0 Å². The van der Waals surface area contributed by atoms with Crippen molar-refractivity contribution < 1.29 is 14.2 Å². The fourth-order valence-corrected chi connectivity index (χ4v) is 1.68. The Labute approximate surface area is 110 Å². The van der Waals surface area contributed by atoms with Crippen LogP contribution in [-0.4, -0.2) is 19.7 Å². The zero-order valence-electron chi connectivity index (χ0n) is 11.6. The highest BCUT2D eigenvalue weighted by Gasteiger charge is 2.12. The average Bonchev–Trinajstić information content (AvgIpc) is 2.38. The molecular weight excluding hydrogens is 228 g/mol. The number of hydrogen-bond donors (Lipinski definition) is 0. The fourth-order valence-electron chi connectivity index (χ4n) is 1.68. The highest BCUT2D eigenvalue weighted by atomic mass is 16.8.